The van der Waals surface area contributed by atoms with E-state index in [2.05, 4.69) is 10.3 Å². The second kappa shape index (κ2) is 7.38. The fourth-order valence-corrected chi connectivity index (χ4v) is 3.08. The number of benzene rings is 1. The van der Waals surface area contributed by atoms with Gasteiger partial charge in [-0.3, -0.25) is 4.98 Å². The molecule has 1 saturated heterocycles. The van der Waals surface area contributed by atoms with Crippen molar-refractivity contribution in [3.8, 4) is 11.5 Å². The number of hydrogen-bond donors (Lipinski definition) is 1. The fraction of sp³-hybridized carbons (Fsp3) is 0.333. The Labute approximate surface area is 145 Å². The van der Waals surface area contributed by atoms with Gasteiger partial charge < -0.3 is 19.7 Å². The summed E-state index contributed by atoms with van der Waals surface area (Å²) >= 11 is 0. The molecule has 1 fully saturated rings. The second-order valence-electron chi connectivity index (χ2n) is 5.75. The summed E-state index contributed by atoms with van der Waals surface area (Å²) < 4.78 is 24.3. The number of nitrogens with zero attached hydrogens (tertiary/aromatic N) is 2. The number of hydrogen-bond acceptors (Lipinski definition) is 4. The van der Waals surface area contributed by atoms with Crippen LogP contribution in [0.5, 0.6) is 11.5 Å². The third-order valence-corrected chi connectivity index (χ3v) is 4.32. The Morgan fingerprint density at radius 3 is 2.80 bits per heavy atom. The van der Waals surface area contributed by atoms with Crippen LogP contribution in [0.1, 0.15) is 24.4 Å². The summed E-state index contributed by atoms with van der Waals surface area (Å²) in [5, 5.41) is 2.62. The lowest BCUT2D eigenvalue weighted by Gasteiger charge is -2.26. The van der Waals surface area contributed by atoms with Crippen LogP contribution in [-0.2, 0) is 0 Å². The van der Waals surface area contributed by atoms with Gasteiger partial charge in [-0.1, -0.05) is 6.07 Å². The first-order chi connectivity index (χ1) is 12.1. The van der Waals surface area contributed by atoms with Gasteiger partial charge in [-0.2, -0.15) is 0 Å². The smallest absolute Gasteiger partial charge is 0.322 e. The van der Waals surface area contributed by atoms with E-state index in [1.807, 2.05) is 18.2 Å². The minimum absolute atomic E-state index is 0.0929. The zero-order valence-electron chi connectivity index (χ0n) is 14.2. The first-order valence-electron chi connectivity index (χ1n) is 8.03. The topological polar surface area (TPSA) is 63.7 Å². The van der Waals surface area contributed by atoms with Crippen molar-refractivity contribution in [2.45, 2.75) is 18.9 Å². The molecular formula is C18H20FN3O3. The summed E-state index contributed by atoms with van der Waals surface area (Å²) in [6.07, 6.45) is 4.23. The second-order valence-corrected chi connectivity index (χ2v) is 5.75. The molecule has 2 amide bonds. The molecule has 0 saturated carbocycles. The Balaban J connectivity index is 1.80. The molecule has 25 heavy (non-hydrogen) atoms. The number of pyridine rings is 1. The van der Waals surface area contributed by atoms with Crippen molar-refractivity contribution in [3.05, 3.63) is 48.0 Å². The van der Waals surface area contributed by atoms with E-state index in [4.69, 9.17) is 9.47 Å². The van der Waals surface area contributed by atoms with Crippen molar-refractivity contribution in [3.63, 3.8) is 0 Å². The zero-order valence-corrected chi connectivity index (χ0v) is 14.2. The van der Waals surface area contributed by atoms with Crippen LogP contribution in [0.3, 0.4) is 0 Å². The number of amides is 2. The highest BCUT2D eigenvalue weighted by atomic mass is 19.1. The zero-order chi connectivity index (χ0) is 17.8. The standard InChI is InChI=1S/C18H20FN3O3/c1-24-16-6-5-12(10-17(16)25-2)15-4-3-9-22(15)18(23)21-14-7-8-20-11-13(14)19/h5-8,10-11,15H,3-4,9H2,1-2H3,(H,20,21,23)/t15-/m0/s1. The van der Waals surface area contributed by atoms with Crippen LogP contribution in [0.15, 0.2) is 36.7 Å². The maximum Gasteiger partial charge on any atom is 0.322 e. The van der Waals surface area contributed by atoms with Gasteiger partial charge in [-0.05, 0) is 36.6 Å². The third-order valence-electron chi connectivity index (χ3n) is 4.32. The van der Waals surface area contributed by atoms with Gasteiger partial charge in [0.2, 0.25) is 0 Å². The highest BCUT2D eigenvalue weighted by Crippen LogP contribution is 2.37. The first kappa shape index (κ1) is 17.0. The minimum Gasteiger partial charge on any atom is -0.493 e. The Morgan fingerprint density at radius 2 is 2.08 bits per heavy atom. The lowest BCUT2D eigenvalue weighted by Crippen LogP contribution is -2.34. The number of carbonyl (C=O) groups excluding carboxylic acids is 1. The van der Waals surface area contributed by atoms with E-state index in [-0.39, 0.29) is 17.8 Å². The van der Waals surface area contributed by atoms with Gasteiger partial charge in [0.25, 0.3) is 0 Å². The van der Waals surface area contributed by atoms with Gasteiger partial charge in [0.05, 0.1) is 32.1 Å². The summed E-state index contributed by atoms with van der Waals surface area (Å²) in [5.74, 6) is 0.698. The highest BCUT2D eigenvalue weighted by molar-refractivity contribution is 5.89. The van der Waals surface area contributed by atoms with E-state index in [0.717, 1.165) is 24.6 Å². The molecule has 2 aromatic rings. The normalized spacial score (nSPS) is 16.6. The number of likely N-dealkylation sites (tertiary alicyclic amines) is 1. The predicted octanol–water partition coefficient (Wildman–Crippen LogP) is 3.61. The van der Waals surface area contributed by atoms with Gasteiger partial charge >= 0.3 is 6.03 Å². The van der Waals surface area contributed by atoms with Gasteiger partial charge in [0.15, 0.2) is 17.3 Å². The number of carbonyl (C=O) groups is 1. The molecule has 132 valence electrons. The van der Waals surface area contributed by atoms with Crippen LogP contribution in [-0.4, -0.2) is 36.7 Å². The maximum absolute atomic E-state index is 13.7. The molecule has 3 rings (SSSR count). The lowest BCUT2D eigenvalue weighted by molar-refractivity contribution is 0.207. The molecule has 1 aromatic heterocycles. The predicted molar refractivity (Wildman–Crippen MR) is 91.4 cm³/mol. The Morgan fingerprint density at radius 1 is 1.28 bits per heavy atom. The van der Waals surface area contributed by atoms with E-state index in [1.165, 1.54) is 12.3 Å². The molecule has 0 spiro atoms. The van der Waals surface area contributed by atoms with Crippen molar-refractivity contribution in [1.29, 1.82) is 0 Å². The fourth-order valence-electron chi connectivity index (χ4n) is 3.08. The average molecular weight is 345 g/mol. The van der Waals surface area contributed by atoms with E-state index in [9.17, 15) is 9.18 Å². The van der Waals surface area contributed by atoms with Crippen LogP contribution in [0.25, 0.3) is 0 Å². The molecule has 0 radical (unpaired) electrons. The van der Waals surface area contributed by atoms with Crippen molar-refractivity contribution < 1.29 is 18.7 Å². The summed E-state index contributed by atoms with van der Waals surface area (Å²) in [4.78, 5) is 18.0. The molecule has 1 aliphatic heterocycles. The number of aromatic nitrogens is 1. The van der Waals surface area contributed by atoms with Crippen LogP contribution >= 0.6 is 0 Å². The molecule has 6 nitrogen and oxygen atoms in total. The minimum atomic E-state index is -0.558. The van der Waals surface area contributed by atoms with Crippen molar-refractivity contribution >= 4 is 11.7 Å². The molecule has 0 aliphatic carbocycles. The number of ether oxygens (including phenoxy) is 2. The van der Waals surface area contributed by atoms with Crippen molar-refractivity contribution in [1.82, 2.24) is 9.88 Å². The van der Waals surface area contributed by atoms with Gasteiger partial charge in [-0.15, -0.1) is 0 Å². The monoisotopic (exact) mass is 345 g/mol. The van der Waals surface area contributed by atoms with Gasteiger partial charge in [0, 0.05) is 12.7 Å². The Bertz CT molecular complexity index is 769. The Hall–Kier alpha value is -2.83. The van der Waals surface area contributed by atoms with Crippen LogP contribution in [0.2, 0.25) is 0 Å². The number of rotatable bonds is 4. The maximum atomic E-state index is 13.7. The summed E-state index contributed by atoms with van der Waals surface area (Å²) in [6.45, 7) is 0.609. The highest BCUT2D eigenvalue weighted by Gasteiger charge is 2.31. The molecule has 1 atom stereocenters. The SMILES string of the molecule is COc1ccc([C@@H]2CCCN2C(=O)Nc2ccncc2F)cc1OC. The summed E-state index contributed by atoms with van der Waals surface area (Å²) in [7, 11) is 3.16. The molecule has 1 aliphatic rings. The molecule has 0 unspecified atom stereocenters. The first-order valence-corrected chi connectivity index (χ1v) is 8.03. The lowest BCUT2D eigenvalue weighted by atomic mass is 10.0. The summed E-state index contributed by atoms with van der Waals surface area (Å²) in [5.41, 5.74) is 1.08. The number of halogens is 1. The Kier molecular flexibility index (Phi) is 5.02. The van der Waals surface area contributed by atoms with Crippen LogP contribution in [0, 0.1) is 5.82 Å². The quantitative estimate of drug-likeness (QED) is 0.919. The number of urea groups is 1. The van der Waals surface area contributed by atoms with Crippen molar-refractivity contribution in [2.24, 2.45) is 0 Å². The van der Waals surface area contributed by atoms with Gasteiger partial charge in [0.1, 0.15) is 0 Å². The van der Waals surface area contributed by atoms with Crippen LogP contribution in [0.4, 0.5) is 14.9 Å². The van der Waals surface area contributed by atoms with E-state index in [1.54, 1.807) is 19.1 Å². The summed E-state index contributed by atoms with van der Waals surface area (Å²) in [6, 6.07) is 6.64. The number of methoxy groups -OCH3 is 2. The molecule has 2 heterocycles. The molecule has 0 bridgehead atoms. The van der Waals surface area contributed by atoms with E-state index >= 15 is 0 Å². The third kappa shape index (κ3) is 3.50. The molecular weight excluding hydrogens is 325 g/mol. The average Bonchev–Trinajstić information content (AvgIpc) is 3.13. The van der Waals surface area contributed by atoms with E-state index in [0.29, 0.717) is 18.0 Å². The number of nitrogens with one attached hydrogen (secondary N) is 1. The van der Waals surface area contributed by atoms with Crippen LogP contribution < -0.4 is 14.8 Å². The van der Waals surface area contributed by atoms with E-state index < -0.39 is 5.82 Å². The molecule has 1 N–H and O–H groups in total. The number of anilines is 1. The molecule has 7 heteroatoms. The largest absolute Gasteiger partial charge is 0.493 e. The van der Waals surface area contributed by atoms with Gasteiger partial charge in [-0.25, -0.2) is 9.18 Å². The molecule has 1 aromatic carbocycles. The van der Waals surface area contributed by atoms with Crippen molar-refractivity contribution in [2.75, 3.05) is 26.1 Å².